The number of nitriles is 1. The topological polar surface area (TPSA) is 111 Å². The molecule has 0 unspecified atom stereocenters. The number of carboxylic acids is 1. The largest absolute Gasteiger partial charge is 0.480 e. The van der Waals surface area contributed by atoms with Gasteiger partial charge in [-0.25, -0.2) is 13.4 Å². The summed E-state index contributed by atoms with van der Waals surface area (Å²) < 4.78 is 26.1. The number of rotatable bonds is 3. The highest BCUT2D eigenvalue weighted by Gasteiger charge is 2.38. The second kappa shape index (κ2) is 5.56. The van der Waals surface area contributed by atoms with Gasteiger partial charge >= 0.3 is 5.97 Å². The lowest BCUT2D eigenvalue weighted by Gasteiger charge is -2.31. The highest BCUT2D eigenvalue weighted by molar-refractivity contribution is 7.89. The van der Waals surface area contributed by atoms with Crippen LogP contribution in [0.4, 0.5) is 0 Å². The Hall–Kier alpha value is -1.98. The van der Waals surface area contributed by atoms with E-state index in [0.717, 1.165) is 4.31 Å². The van der Waals surface area contributed by atoms with Crippen LogP contribution >= 0.6 is 0 Å². The minimum atomic E-state index is -4.03. The number of carboxylic acid groups (broad SMARTS) is 1. The first-order valence-corrected chi connectivity index (χ1v) is 7.52. The van der Waals surface area contributed by atoms with Crippen molar-refractivity contribution in [3.05, 3.63) is 24.0 Å². The maximum atomic E-state index is 12.6. The number of aromatic nitrogens is 1. The van der Waals surface area contributed by atoms with Gasteiger partial charge in [0, 0.05) is 12.7 Å². The monoisotopic (exact) mass is 295 g/mol. The van der Waals surface area contributed by atoms with Crippen molar-refractivity contribution in [2.45, 2.75) is 30.2 Å². The second-order valence-electron chi connectivity index (χ2n) is 4.43. The summed E-state index contributed by atoms with van der Waals surface area (Å²) in [6.45, 7) is 0.138. The molecule has 0 saturated carbocycles. The number of sulfonamides is 1. The number of carbonyl (C=O) groups is 1. The van der Waals surface area contributed by atoms with Crippen LogP contribution in [0.2, 0.25) is 0 Å². The molecule has 1 aliphatic rings. The van der Waals surface area contributed by atoms with Gasteiger partial charge in [-0.1, -0.05) is 0 Å². The van der Waals surface area contributed by atoms with Crippen LogP contribution in [0.5, 0.6) is 0 Å². The highest BCUT2D eigenvalue weighted by atomic mass is 32.2. The quantitative estimate of drug-likeness (QED) is 0.873. The zero-order valence-corrected chi connectivity index (χ0v) is 11.4. The van der Waals surface area contributed by atoms with Crippen LogP contribution in [-0.2, 0) is 14.8 Å². The molecule has 0 aliphatic carbocycles. The molecule has 2 heterocycles. The Kier molecular flexibility index (Phi) is 4.01. The van der Waals surface area contributed by atoms with Crippen molar-refractivity contribution in [1.29, 1.82) is 5.26 Å². The van der Waals surface area contributed by atoms with E-state index >= 15 is 0 Å². The maximum absolute atomic E-state index is 12.6. The van der Waals surface area contributed by atoms with Crippen LogP contribution in [0.25, 0.3) is 0 Å². The van der Waals surface area contributed by atoms with Crippen molar-refractivity contribution in [2.24, 2.45) is 0 Å². The zero-order valence-electron chi connectivity index (χ0n) is 10.6. The number of piperidine rings is 1. The molecule has 0 bridgehead atoms. The summed E-state index contributed by atoms with van der Waals surface area (Å²) in [6, 6.07) is 3.32. The van der Waals surface area contributed by atoms with Crippen LogP contribution in [0.3, 0.4) is 0 Å². The summed E-state index contributed by atoms with van der Waals surface area (Å²) >= 11 is 0. The van der Waals surface area contributed by atoms with Crippen LogP contribution < -0.4 is 0 Å². The van der Waals surface area contributed by atoms with Crippen molar-refractivity contribution in [1.82, 2.24) is 9.29 Å². The van der Waals surface area contributed by atoms with Crippen LogP contribution in [-0.4, -0.2) is 41.4 Å². The van der Waals surface area contributed by atoms with Gasteiger partial charge in [0.15, 0.2) is 5.69 Å². The Balaban J connectivity index is 2.48. The van der Waals surface area contributed by atoms with E-state index in [1.54, 1.807) is 6.07 Å². The van der Waals surface area contributed by atoms with Crippen LogP contribution in [0, 0.1) is 11.3 Å². The van der Waals surface area contributed by atoms with E-state index in [0.29, 0.717) is 12.8 Å². The predicted octanol–water partition coefficient (Wildman–Crippen LogP) is 0.581. The fraction of sp³-hybridized carbons (Fsp3) is 0.417. The molecule has 1 fully saturated rings. The number of pyridine rings is 1. The van der Waals surface area contributed by atoms with Crippen molar-refractivity contribution < 1.29 is 18.3 Å². The molecule has 0 spiro atoms. The summed E-state index contributed by atoms with van der Waals surface area (Å²) in [7, 11) is -4.03. The van der Waals surface area contributed by atoms with Gasteiger partial charge in [-0.05, 0) is 31.4 Å². The SMILES string of the molecule is N#Cc1ncccc1S(=O)(=O)N1CCCC[C@@H]1C(=O)O. The van der Waals surface area contributed by atoms with Crippen molar-refractivity contribution in [2.75, 3.05) is 6.54 Å². The molecule has 2 rings (SSSR count). The van der Waals surface area contributed by atoms with E-state index < -0.39 is 22.0 Å². The molecular weight excluding hydrogens is 282 g/mol. The Morgan fingerprint density at radius 3 is 2.90 bits per heavy atom. The Morgan fingerprint density at radius 2 is 2.25 bits per heavy atom. The molecule has 1 saturated heterocycles. The van der Waals surface area contributed by atoms with Crippen molar-refractivity contribution >= 4 is 16.0 Å². The van der Waals surface area contributed by atoms with E-state index in [-0.39, 0.29) is 23.6 Å². The number of nitrogens with zero attached hydrogens (tertiary/aromatic N) is 3. The van der Waals surface area contributed by atoms with Gasteiger partial charge in [0.05, 0.1) is 0 Å². The molecule has 7 nitrogen and oxygen atoms in total. The van der Waals surface area contributed by atoms with Gasteiger partial charge < -0.3 is 5.11 Å². The molecule has 8 heteroatoms. The molecule has 1 aromatic heterocycles. The van der Waals surface area contributed by atoms with Crippen LogP contribution in [0.15, 0.2) is 23.2 Å². The lowest BCUT2D eigenvalue weighted by atomic mass is 10.1. The van der Waals surface area contributed by atoms with Gasteiger partial charge in [-0.3, -0.25) is 4.79 Å². The Labute approximate surface area is 116 Å². The highest BCUT2D eigenvalue weighted by Crippen LogP contribution is 2.26. The molecule has 1 atom stereocenters. The molecule has 106 valence electrons. The number of hydrogen-bond donors (Lipinski definition) is 1. The smallest absolute Gasteiger partial charge is 0.322 e. The van der Waals surface area contributed by atoms with Gasteiger partial charge in [-0.2, -0.15) is 9.57 Å². The number of hydrogen-bond acceptors (Lipinski definition) is 5. The molecular formula is C12H13N3O4S. The standard InChI is InChI=1S/C12H13N3O4S/c13-8-9-11(5-3-6-14-9)20(18,19)15-7-2-1-4-10(15)12(16)17/h3,5-6,10H,1-2,4,7H2,(H,16,17)/t10-/m1/s1. The predicted molar refractivity (Wildman–Crippen MR) is 68.1 cm³/mol. The van der Waals surface area contributed by atoms with Gasteiger partial charge in [0.25, 0.3) is 0 Å². The summed E-state index contributed by atoms with van der Waals surface area (Å²) in [5.41, 5.74) is -0.220. The Bertz CT molecular complexity index is 666. The van der Waals surface area contributed by atoms with E-state index in [4.69, 9.17) is 10.4 Å². The maximum Gasteiger partial charge on any atom is 0.322 e. The fourth-order valence-corrected chi connectivity index (χ4v) is 3.99. The van der Waals surface area contributed by atoms with Gasteiger partial charge in [0.1, 0.15) is 17.0 Å². The average Bonchev–Trinajstić information content (AvgIpc) is 2.47. The van der Waals surface area contributed by atoms with E-state index in [2.05, 4.69) is 4.98 Å². The van der Waals surface area contributed by atoms with E-state index in [1.807, 2.05) is 0 Å². The van der Waals surface area contributed by atoms with E-state index in [9.17, 15) is 13.2 Å². The molecule has 0 radical (unpaired) electrons. The molecule has 20 heavy (non-hydrogen) atoms. The normalized spacial score (nSPS) is 20.2. The lowest BCUT2D eigenvalue weighted by molar-refractivity contribution is -0.142. The first-order chi connectivity index (χ1) is 9.48. The zero-order chi connectivity index (χ0) is 14.8. The summed E-state index contributed by atoms with van der Waals surface area (Å²) in [4.78, 5) is 14.7. The van der Waals surface area contributed by atoms with Crippen molar-refractivity contribution in [3.63, 3.8) is 0 Å². The van der Waals surface area contributed by atoms with Crippen molar-refractivity contribution in [3.8, 4) is 6.07 Å². The number of aliphatic carboxylic acids is 1. The summed E-state index contributed by atoms with van der Waals surface area (Å²) in [5.74, 6) is -1.17. The molecule has 1 aromatic rings. The van der Waals surface area contributed by atoms with Gasteiger partial charge in [-0.15, -0.1) is 0 Å². The van der Waals surface area contributed by atoms with E-state index in [1.165, 1.54) is 18.3 Å². The minimum Gasteiger partial charge on any atom is -0.480 e. The summed E-state index contributed by atoms with van der Waals surface area (Å²) in [6.07, 6.45) is 2.87. The fourth-order valence-electron chi connectivity index (χ4n) is 2.25. The lowest BCUT2D eigenvalue weighted by Crippen LogP contribution is -2.48. The minimum absolute atomic E-state index is 0.138. The van der Waals surface area contributed by atoms with Crippen LogP contribution in [0.1, 0.15) is 25.0 Å². The third kappa shape index (κ3) is 2.50. The first-order valence-electron chi connectivity index (χ1n) is 6.08. The average molecular weight is 295 g/mol. The Morgan fingerprint density at radius 1 is 1.50 bits per heavy atom. The van der Waals surface area contributed by atoms with Gasteiger partial charge in [0.2, 0.25) is 10.0 Å². The first kappa shape index (κ1) is 14.4. The third-order valence-corrected chi connectivity index (χ3v) is 5.14. The molecule has 1 aliphatic heterocycles. The molecule has 1 N–H and O–H groups in total. The second-order valence-corrected chi connectivity index (χ2v) is 6.29. The molecule has 0 aromatic carbocycles. The molecule has 0 amide bonds. The summed E-state index contributed by atoms with van der Waals surface area (Å²) in [5, 5.41) is 18.1. The third-order valence-electron chi connectivity index (χ3n) is 3.20.